The van der Waals surface area contributed by atoms with Crippen molar-refractivity contribution in [1.82, 2.24) is 14.9 Å². The number of halogens is 1. The summed E-state index contributed by atoms with van der Waals surface area (Å²) in [4.78, 5) is 15.7. The van der Waals surface area contributed by atoms with Gasteiger partial charge in [-0.15, -0.1) is 0 Å². The van der Waals surface area contributed by atoms with E-state index in [2.05, 4.69) is 15.5 Å². The zero-order chi connectivity index (χ0) is 15.4. The van der Waals surface area contributed by atoms with Crippen molar-refractivity contribution in [2.45, 2.75) is 6.54 Å². The first kappa shape index (κ1) is 14.5. The number of nitrogens with one attached hydrogen (secondary N) is 1. The first-order valence-corrected chi connectivity index (χ1v) is 5.98. The first-order valence-electron chi connectivity index (χ1n) is 5.98. The Morgan fingerprint density at radius 2 is 2.10 bits per heavy atom. The smallest absolute Gasteiger partial charge is 0.274 e. The van der Waals surface area contributed by atoms with Crippen LogP contribution >= 0.6 is 0 Å². The summed E-state index contributed by atoms with van der Waals surface area (Å²) >= 11 is 0. The molecule has 110 valence electrons. The van der Waals surface area contributed by atoms with E-state index >= 15 is 0 Å². The standard InChI is InChI=1S/C13H13FN4O3/c1-18-7-16-10(11(19)12(18)17-21)13(20)15-6-8-2-4-9(14)5-3-8/h2-5,7,19,21H,6H2,1H3,(H,15,20)/b17-12+. The van der Waals surface area contributed by atoms with Crippen LogP contribution in [0.5, 0.6) is 5.75 Å². The van der Waals surface area contributed by atoms with Crippen LogP contribution in [-0.4, -0.2) is 25.8 Å². The van der Waals surface area contributed by atoms with E-state index in [0.717, 1.165) is 0 Å². The molecule has 0 fully saturated rings. The molecular formula is C13H13FN4O3. The van der Waals surface area contributed by atoms with Crippen LogP contribution < -0.4 is 10.8 Å². The van der Waals surface area contributed by atoms with Crippen molar-refractivity contribution in [3.63, 3.8) is 0 Å². The molecule has 0 unspecified atom stereocenters. The molecule has 0 spiro atoms. The number of carbonyl (C=O) groups excluding carboxylic acids is 1. The summed E-state index contributed by atoms with van der Waals surface area (Å²) in [6.07, 6.45) is 1.24. The van der Waals surface area contributed by atoms with Crippen molar-refractivity contribution in [2.75, 3.05) is 0 Å². The summed E-state index contributed by atoms with van der Waals surface area (Å²) in [5.41, 5.74) is 0.248. The Morgan fingerprint density at radius 3 is 2.71 bits per heavy atom. The van der Waals surface area contributed by atoms with Crippen LogP contribution in [0.25, 0.3) is 0 Å². The zero-order valence-corrected chi connectivity index (χ0v) is 11.1. The van der Waals surface area contributed by atoms with Crippen LogP contribution in [0.1, 0.15) is 16.1 Å². The fourth-order valence-electron chi connectivity index (χ4n) is 1.69. The second-order valence-corrected chi connectivity index (χ2v) is 4.29. The van der Waals surface area contributed by atoms with Crippen LogP contribution in [0.4, 0.5) is 4.39 Å². The fourth-order valence-corrected chi connectivity index (χ4v) is 1.69. The summed E-state index contributed by atoms with van der Waals surface area (Å²) < 4.78 is 14.0. The van der Waals surface area contributed by atoms with Gasteiger partial charge in [-0.1, -0.05) is 17.3 Å². The number of benzene rings is 1. The number of hydrogen-bond acceptors (Lipinski definition) is 5. The van der Waals surface area contributed by atoms with Crippen molar-refractivity contribution in [2.24, 2.45) is 12.2 Å². The molecule has 1 amide bonds. The van der Waals surface area contributed by atoms with Crippen molar-refractivity contribution < 1.29 is 19.5 Å². The fraction of sp³-hybridized carbons (Fsp3) is 0.154. The minimum Gasteiger partial charge on any atom is -0.503 e. The lowest BCUT2D eigenvalue weighted by molar-refractivity contribution is 0.0942. The monoisotopic (exact) mass is 292 g/mol. The van der Waals surface area contributed by atoms with E-state index in [1.54, 1.807) is 0 Å². The van der Waals surface area contributed by atoms with Gasteiger partial charge in [0.25, 0.3) is 5.91 Å². The molecule has 0 saturated heterocycles. The van der Waals surface area contributed by atoms with Crippen LogP contribution in [0.2, 0.25) is 0 Å². The quantitative estimate of drug-likeness (QED) is 0.566. The molecule has 0 aliphatic heterocycles. The maximum atomic E-state index is 12.8. The molecule has 8 heteroatoms. The highest BCUT2D eigenvalue weighted by Crippen LogP contribution is 2.08. The van der Waals surface area contributed by atoms with Crippen molar-refractivity contribution in [3.05, 3.63) is 53.2 Å². The largest absolute Gasteiger partial charge is 0.503 e. The minimum atomic E-state index is -0.637. The van der Waals surface area contributed by atoms with Gasteiger partial charge in [0.15, 0.2) is 11.4 Å². The second kappa shape index (κ2) is 6.04. The summed E-state index contributed by atoms with van der Waals surface area (Å²) in [5, 5.41) is 24.0. The number of carbonyl (C=O) groups is 1. The minimum absolute atomic E-state index is 0.146. The van der Waals surface area contributed by atoms with Crippen molar-refractivity contribution in [1.29, 1.82) is 0 Å². The Morgan fingerprint density at radius 1 is 1.43 bits per heavy atom. The lowest BCUT2D eigenvalue weighted by Gasteiger charge is -2.07. The highest BCUT2D eigenvalue weighted by molar-refractivity contribution is 5.94. The molecule has 0 atom stereocenters. The van der Waals surface area contributed by atoms with Gasteiger partial charge in [-0.2, -0.15) is 0 Å². The maximum Gasteiger partial charge on any atom is 0.274 e. The third-order valence-corrected chi connectivity index (χ3v) is 2.81. The molecule has 0 saturated carbocycles. The molecule has 0 bridgehead atoms. The molecule has 0 radical (unpaired) electrons. The molecule has 1 aromatic carbocycles. The Labute approximate surface area is 119 Å². The molecule has 7 nitrogen and oxygen atoms in total. The number of nitrogens with zero attached hydrogens (tertiary/aromatic N) is 3. The Bertz CT molecular complexity index is 725. The van der Waals surface area contributed by atoms with Gasteiger partial charge < -0.3 is 20.2 Å². The lowest BCUT2D eigenvalue weighted by Crippen LogP contribution is -2.28. The molecule has 3 N–H and O–H groups in total. The molecule has 1 heterocycles. The third-order valence-electron chi connectivity index (χ3n) is 2.81. The second-order valence-electron chi connectivity index (χ2n) is 4.29. The van der Waals surface area contributed by atoms with Gasteiger partial charge in [0.2, 0.25) is 5.49 Å². The molecule has 2 rings (SSSR count). The van der Waals surface area contributed by atoms with Gasteiger partial charge in [-0.05, 0) is 17.7 Å². The highest BCUT2D eigenvalue weighted by atomic mass is 19.1. The van der Waals surface area contributed by atoms with E-state index in [0.29, 0.717) is 5.56 Å². The van der Waals surface area contributed by atoms with E-state index < -0.39 is 11.7 Å². The predicted molar refractivity (Wildman–Crippen MR) is 69.8 cm³/mol. The van der Waals surface area contributed by atoms with Gasteiger partial charge in [0, 0.05) is 13.6 Å². The normalized spacial score (nSPS) is 11.4. The van der Waals surface area contributed by atoms with Gasteiger partial charge in [0.1, 0.15) is 5.82 Å². The third kappa shape index (κ3) is 3.16. The average molecular weight is 292 g/mol. The van der Waals surface area contributed by atoms with Crippen molar-refractivity contribution >= 4 is 5.91 Å². The van der Waals surface area contributed by atoms with Crippen molar-refractivity contribution in [3.8, 4) is 5.75 Å². The molecular weight excluding hydrogens is 279 g/mol. The topological polar surface area (TPSA) is 99.7 Å². The Kier molecular flexibility index (Phi) is 4.17. The Balaban J connectivity index is 2.16. The van der Waals surface area contributed by atoms with E-state index in [1.807, 2.05) is 0 Å². The number of rotatable bonds is 3. The van der Waals surface area contributed by atoms with Gasteiger partial charge in [-0.3, -0.25) is 4.79 Å². The number of hydrogen-bond donors (Lipinski definition) is 3. The first-order chi connectivity index (χ1) is 10.0. The molecule has 0 aliphatic carbocycles. The molecule has 0 aliphatic rings. The number of amides is 1. The maximum absolute atomic E-state index is 12.8. The van der Waals surface area contributed by atoms with E-state index in [1.165, 1.54) is 42.2 Å². The predicted octanol–water partition coefficient (Wildman–Crippen LogP) is 0.485. The summed E-state index contributed by atoms with van der Waals surface area (Å²) in [6.45, 7) is 0.146. The van der Waals surface area contributed by atoms with E-state index in [4.69, 9.17) is 5.21 Å². The van der Waals surface area contributed by atoms with Crippen LogP contribution in [0, 0.1) is 5.82 Å². The van der Waals surface area contributed by atoms with E-state index in [-0.39, 0.29) is 23.5 Å². The van der Waals surface area contributed by atoms with Crippen LogP contribution in [-0.2, 0) is 13.6 Å². The zero-order valence-electron chi connectivity index (χ0n) is 11.1. The lowest BCUT2D eigenvalue weighted by atomic mass is 10.2. The van der Waals surface area contributed by atoms with E-state index in [9.17, 15) is 14.3 Å². The number of aryl methyl sites for hydroxylation is 1. The average Bonchev–Trinajstić information content (AvgIpc) is 2.47. The van der Waals surface area contributed by atoms with Crippen LogP contribution in [0.3, 0.4) is 0 Å². The SMILES string of the molecule is Cn1cnc(C(=O)NCc2ccc(F)cc2)c(O)/c1=N\O. The van der Waals surface area contributed by atoms with Crippen LogP contribution in [0.15, 0.2) is 35.7 Å². The van der Waals surface area contributed by atoms with Gasteiger partial charge >= 0.3 is 0 Å². The number of aromatic nitrogens is 2. The highest BCUT2D eigenvalue weighted by Gasteiger charge is 2.15. The molecule has 2 aromatic rings. The summed E-state index contributed by atoms with van der Waals surface area (Å²) in [5.74, 6) is -1.53. The van der Waals surface area contributed by atoms with Gasteiger partial charge in [-0.25, -0.2) is 9.37 Å². The molecule has 21 heavy (non-hydrogen) atoms. The molecule has 1 aromatic heterocycles. The van der Waals surface area contributed by atoms with Gasteiger partial charge in [0.05, 0.1) is 6.33 Å². The summed E-state index contributed by atoms with van der Waals surface area (Å²) in [7, 11) is 1.50. The number of aromatic hydroxyl groups is 1. The summed E-state index contributed by atoms with van der Waals surface area (Å²) in [6, 6.07) is 5.62. The Hall–Kier alpha value is -2.90.